The molecule has 0 unspecified atom stereocenters. The third-order valence-electron chi connectivity index (χ3n) is 16.1. The number of rotatable bonds is 45. The number of nitrogens with zero attached hydrogens (tertiary/aromatic N) is 7. The maximum atomic E-state index is 14.1. The lowest BCUT2D eigenvalue weighted by atomic mass is 10.0. The summed E-state index contributed by atoms with van der Waals surface area (Å²) in [5, 5.41) is 6.03. The fourth-order valence-corrected chi connectivity index (χ4v) is 11.0. The van der Waals surface area contributed by atoms with Crippen molar-refractivity contribution in [3.63, 3.8) is 0 Å². The average molecular weight is 1330 g/mol. The van der Waals surface area contributed by atoms with Gasteiger partial charge in [0, 0.05) is 90.6 Å². The van der Waals surface area contributed by atoms with Gasteiger partial charge in [0.1, 0.15) is 30.6 Å². The summed E-state index contributed by atoms with van der Waals surface area (Å²) in [6.45, 7) is 9.99. The van der Waals surface area contributed by atoms with Gasteiger partial charge in [0.05, 0.1) is 55.8 Å². The van der Waals surface area contributed by atoms with Crippen molar-refractivity contribution in [1.82, 2.24) is 34.6 Å². The molecule has 4 aromatic carbocycles. The number of carbonyl (C=O) groups is 4. The predicted octanol–water partition coefficient (Wildman–Crippen LogP) is 14.5. The molecule has 4 aromatic heterocycles. The number of aryl methyl sites for hydroxylation is 1. The molecule has 4 N–H and O–H groups in total. The number of nitrogens with one attached hydrogen (secondary N) is 2. The number of benzene rings is 4. The zero-order valence-corrected chi connectivity index (χ0v) is 56.1. The minimum absolute atomic E-state index is 0. The Kier molecular flexibility index (Phi) is 35.7. The van der Waals surface area contributed by atoms with Crippen LogP contribution in [-0.4, -0.2) is 111 Å². The Hall–Kier alpha value is -8.88. The molecule has 8 rings (SSSR count). The van der Waals surface area contributed by atoms with Gasteiger partial charge < -0.3 is 40.2 Å². The lowest BCUT2D eigenvalue weighted by Crippen LogP contribution is -2.35. The lowest BCUT2D eigenvalue weighted by Gasteiger charge is -2.25. The van der Waals surface area contributed by atoms with Gasteiger partial charge in [-0.15, -0.1) is 0 Å². The number of Topliss-reactive ketones (excluding diaryl/α,β-unsaturated/α-hetero) is 1. The second-order valence-electron chi connectivity index (χ2n) is 24.2. The van der Waals surface area contributed by atoms with Crippen molar-refractivity contribution in [2.24, 2.45) is 5.73 Å². The quantitative estimate of drug-likeness (QED) is 0.0303. The summed E-state index contributed by atoms with van der Waals surface area (Å²) < 4.78 is 24.0. The second kappa shape index (κ2) is 44.8. The highest BCUT2D eigenvalue weighted by Gasteiger charge is 2.19. The Morgan fingerprint density at radius 2 is 0.939 bits per heavy atom. The van der Waals surface area contributed by atoms with Gasteiger partial charge in [-0.25, -0.2) is 9.97 Å². The van der Waals surface area contributed by atoms with Gasteiger partial charge in [0.2, 0.25) is 17.7 Å². The molecule has 4 heterocycles. The predicted molar refractivity (Wildman–Crippen MR) is 390 cm³/mol. The van der Waals surface area contributed by atoms with E-state index in [1.54, 1.807) is 12.4 Å². The van der Waals surface area contributed by atoms with Gasteiger partial charge in [-0.05, 0) is 132 Å². The third-order valence-corrected chi connectivity index (χ3v) is 16.1. The van der Waals surface area contributed by atoms with E-state index in [1.807, 2.05) is 120 Å². The first kappa shape index (κ1) is 78.1. The van der Waals surface area contributed by atoms with Crippen LogP contribution in [0.4, 0.5) is 11.6 Å². The average Bonchev–Trinajstić information content (AvgIpc) is 0.867. The maximum absolute atomic E-state index is 14.1. The second-order valence-corrected chi connectivity index (χ2v) is 24.2. The number of hydrogen-bond donors (Lipinski definition) is 3. The number of nitrogens with two attached hydrogens (primary N) is 1. The lowest BCUT2D eigenvalue weighted by molar-refractivity contribution is -0.137. The Bertz CT molecular complexity index is 3430. The number of carbonyl (C=O) groups excluding carboxylic acids is 4. The zero-order valence-electron chi connectivity index (χ0n) is 56.1. The van der Waals surface area contributed by atoms with Crippen molar-refractivity contribution in [3.05, 3.63) is 233 Å². The number of pyridine rings is 4. The van der Waals surface area contributed by atoms with Crippen molar-refractivity contribution < 1.29 is 38.1 Å². The summed E-state index contributed by atoms with van der Waals surface area (Å²) in [7, 11) is 0. The molecule has 0 aliphatic carbocycles. The minimum Gasteiger partial charge on any atom is -0.494 e. The minimum atomic E-state index is -0.133. The molecule has 0 saturated carbocycles. The third kappa shape index (κ3) is 29.5. The highest BCUT2D eigenvalue weighted by molar-refractivity contribution is 5.90. The van der Waals surface area contributed by atoms with Crippen LogP contribution in [0, 0.1) is 0 Å². The van der Waals surface area contributed by atoms with Crippen molar-refractivity contribution in [2.45, 2.75) is 158 Å². The van der Waals surface area contributed by atoms with Crippen molar-refractivity contribution in [2.75, 3.05) is 63.4 Å². The normalized spacial score (nSPS) is 11.0. The molecule has 8 aromatic rings. The number of ether oxygens (including phenoxy) is 4. The molecule has 0 radical (unpaired) electrons. The standard InChI is InChI=1S/C78H96N10O8.2CH4/c1-3-5-8-28-76(90)84-74-26-18-24-70(82-74)57-86(55-68-22-12-14-40-80-68)52-64-48-65(53-87(56-69-23-13-15-41-81-69)58-71-25-19-27-75(83-71)85-77(91)29-9-6-4-2)50-73(49-64)96-43-17-16-42-88(54-63-34-37-67(38-35-63)66-20-10-7-11-21-66)78(92)60-95-47-45-93-44-46-94-59-72(89)39-36-61-30-32-62(51-79)33-31-61;;/h7,10-15,18-27,30-35,37-38,40-41,48-50H,3-6,8-9,16-17,28-29,36,39,42-47,51-60,79H2,1-2H3,(H,82,84,90)(H,83,85,91);2*1H4. The van der Waals surface area contributed by atoms with Crippen LogP contribution in [0.2, 0.25) is 0 Å². The van der Waals surface area contributed by atoms with Crippen LogP contribution in [0.3, 0.4) is 0 Å². The number of ketones is 1. The first-order valence-corrected chi connectivity index (χ1v) is 34.0. The Labute approximate surface area is 582 Å². The number of aromatic nitrogens is 4. The molecule has 18 heteroatoms. The SMILES string of the molecule is C.C.CCCCCC(=O)Nc1cccc(CN(Cc2cc(CN(Cc3ccccn3)Cc3cccc(NC(=O)CCCCC)n3)cc(OCCCCN(Cc3ccc(-c4ccccc4)cc3)C(=O)COCCOCCOCC(=O)CCc3ccc(CN)cc3)c2)Cc2ccccn2)n1. The van der Waals surface area contributed by atoms with E-state index in [4.69, 9.17) is 44.6 Å². The Morgan fingerprint density at radius 3 is 1.48 bits per heavy atom. The van der Waals surface area contributed by atoms with Gasteiger partial charge in [0.15, 0.2) is 5.78 Å². The highest BCUT2D eigenvalue weighted by atomic mass is 16.5. The fraction of sp³-hybridized carbons (Fsp3) is 0.400. The first-order valence-electron chi connectivity index (χ1n) is 34.0. The molecule has 0 bridgehead atoms. The van der Waals surface area contributed by atoms with Crippen LogP contribution in [0.1, 0.15) is 150 Å². The number of amides is 3. The molecule has 3 amide bonds. The summed E-state index contributed by atoms with van der Waals surface area (Å²) in [6.07, 6.45) is 12.6. The molecule has 0 aliphatic heterocycles. The van der Waals surface area contributed by atoms with E-state index in [0.717, 1.165) is 100 Å². The van der Waals surface area contributed by atoms with E-state index in [9.17, 15) is 19.2 Å². The van der Waals surface area contributed by atoms with Gasteiger partial charge in [-0.3, -0.25) is 38.9 Å². The summed E-state index contributed by atoms with van der Waals surface area (Å²) in [4.78, 5) is 78.1. The summed E-state index contributed by atoms with van der Waals surface area (Å²) in [6, 6.07) is 56.3. The van der Waals surface area contributed by atoms with Crippen LogP contribution in [0.5, 0.6) is 5.75 Å². The van der Waals surface area contributed by atoms with E-state index in [-0.39, 0.29) is 71.4 Å². The molecule has 0 aliphatic rings. The van der Waals surface area contributed by atoms with Crippen LogP contribution < -0.4 is 21.1 Å². The molecular weight excluding hydrogens is 1230 g/mol. The van der Waals surface area contributed by atoms with Crippen LogP contribution in [0.25, 0.3) is 11.1 Å². The smallest absolute Gasteiger partial charge is 0.248 e. The van der Waals surface area contributed by atoms with Crippen LogP contribution in [-0.2, 0) is 92.2 Å². The maximum Gasteiger partial charge on any atom is 0.248 e. The highest BCUT2D eigenvalue weighted by Crippen LogP contribution is 2.26. The van der Waals surface area contributed by atoms with Gasteiger partial charge in [-0.2, -0.15) is 0 Å². The largest absolute Gasteiger partial charge is 0.494 e. The Balaban J connectivity index is 0.00000758. The number of anilines is 2. The van der Waals surface area contributed by atoms with E-state index >= 15 is 0 Å². The van der Waals surface area contributed by atoms with Crippen LogP contribution >= 0.6 is 0 Å². The van der Waals surface area contributed by atoms with E-state index in [0.29, 0.717) is 128 Å². The van der Waals surface area contributed by atoms with Crippen molar-refractivity contribution >= 4 is 35.1 Å². The van der Waals surface area contributed by atoms with Crippen LogP contribution in [0.15, 0.2) is 182 Å². The summed E-state index contributed by atoms with van der Waals surface area (Å²) >= 11 is 0. The van der Waals surface area contributed by atoms with E-state index in [2.05, 4.69) is 88.9 Å². The van der Waals surface area contributed by atoms with E-state index in [1.165, 1.54) is 0 Å². The number of hydrogen-bond acceptors (Lipinski definition) is 15. The molecule has 98 heavy (non-hydrogen) atoms. The van der Waals surface area contributed by atoms with Gasteiger partial charge >= 0.3 is 0 Å². The van der Waals surface area contributed by atoms with Gasteiger partial charge in [-0.1, -0.05) is 164 Å². The summed E-state index contributed by atoms with van der Waals surface area (Å²) in [5.74, 6) is 1.56. The molecule has 18 nitrogen and oxygen atoms in total. The molecule has 522 valence electrons. The van der Waals surface area contributed by atoms with Crippen molar-refractivity contribution in [1.29, 1.82) is 0 Å². The Morgan fingerprint density at radius 1 is 0.439 bits per heavy atom. The van der Waals surface area contributed by atoms with E-state index < -0.39 is 0 Å². The molecule has 0 spiro atoms. The monoisotopic (exact) mass is 1330 g/mol. The summed E-state index contributed by atoms with van der Waals surface area (Å²) in [5.41, 5.74) is 16.5. The fourth-order valence-electron chi connectivity index (χ4n) is 11.0. The zero-order chi connectivity index (χ0) is 67.2. The molecular formula is C80H104N10O8. The molecule has 0 atom stereocenters. The number of unbranched alkanes of at least 4 members (excludes halogenated alkanes) is 5. The first-order chi connectivity index (χ1) is 47.1. The van der Waals surface area contributed by atoms with Gasteiger partial charge in [0.25, 0.3) is 0 Å². The van der Waals surface area contributed by atoms with Crippen molar-refractivity contribution in [3.8, 4) is 16.9 Å². The topological polar surface area (TPSA) is 217 Å². The molecule has 0 fully saturated rings. The molecule has 0 saturated heterocycles.